The lowest BCUT2D eigenvalue weighted by Gasteiger charge is -2.26. The number of aryl methyl sites for hydroxylation is 2. The molecule has 0 atom stereocenters. The van der Waals surface area contributed by atoms with Crippen LogP contribution in [0.4, 0.5) is 36.4 Å². The van der Waals surface area contributed by atoms with E-state index >= 15 is 0 Å². The van der Waals surface area contributed by atoms with Gasteiger partial charge < -0.3 is 10.6 Å². The van der Waals surface area contributed by atoms with E-state index in [1.807, 2.05) is 0 Å². The van der Waals surface area contributed by atoms with Crippen molar-refractivity contribution >= 4 is 29.1 Å². The van der Waals surface area contributed by atoms with Crippen molar-refractivity contribution in [3.63, 3.8) is 0 Å². The van der Waals surface area contributed by atoms with Crippen LogP contribution in [0.25, 0.3) is 5.82 Å². The van der Waals surface area contributed by atoms with Crippen LogP contribution in [0.5, 0.6) is 0 Å². The first-order chi connectivity index (χ1) is 21.0. The first-order valence-electron chi connectivity index (χ1n) is 13.2. The third-order valence-corrected chi connectivity index (χ3v) is 7.04. The molecule has 5 rings (SSSR count). The molecule has 45 heavy (non-hydrogen) atoms. The third-order valence-electron chi connectivity index (χ3n) is 6.74. The van der Waals surface area contributed by atoms with Gasteiger partial charge in [0.15, 0.2) is 11.5 Å². The molecular weight excluding hydrogens is 637 g/mol. The van der Waals surface area contributed by atoms with E-state index < -0.39 is 42.1 Å². The van der Waals surface area contributed by atoms with E-state index in [4.69, 9.17) is 11.6 Å². The maximum atomic E-state index is 14.1. The quantitative estimate of drug-likeness (QED) is 0.226. The Bertz CT molecular complexity index is 1780. The van der Waals surface area contributed by atoms with Gasteiger partial charge in [-0.25, -0.2) is 14.3 Å². The van der Waals surface area contributed by atoms with Crippen LogP contribution in [0.1, 0.15) is 56.2 Å². The predicted octanol–water partition coefficient (Wildman–Crippen LogP) is 5.61. The fourth-order valence-electron chi connectivity index (χ4n) is 4.37. The first-order valence-corrected chi connectivity index (χ1v) is 13.5. The minimum Gasteiger partial charge on any atom is -0.349 e. The average molecular weight is 659 g/mol. The molecule has 0 bridgehead atoms. The van der Waals surface area contributed by atoms with Crippen molar-refractivity contribution in [1.29, 1.82) is 0 Å². The van der Waals surface area contributed by atoms with Gasteiger partial charge in [-0.1, -0.05) is 22.9 Å². The lowest BCUT2D eigenvalue weighted by molar-refractivity contribution is -0.360. The second-order valence-electron chi connectivity index (χ2n) is 10.4. The predicted molar refractivity (Wildman–Crippen MR) is 145 cm³/mol. The third kappa shape index (κ3) is 6.21. The molecule has 4 aromatic rings. The number of carbonyl (C=O) groups excluding carboxylic acids is 2. The number of benzene rings is 1. The normalized spacial score (nSPS) is 14.0. The van der Waals surface area contributed by atoms with Gasteiger partial charge in [-0.05, 0) is 62.1 Å². The molecule has 0 aliphatic heterocycles. The highest BCUT2D eigenvalue weighted by Crippen LogP contribution is 2.51. The molecule has 2 N–H and O–H groups in total. The molecule has 18 heteroatoms. The molecule has 3 heterocycles. The van der Waals surface area contributed by atoms with Crippen molar-refractivity contribution in [1.82, 2.24) is 35.1 Å². The van der Waals surface area contributed by atoms with Gasteiger partial charge in [-0.3, -0.25) is 9.59 Å². The van der Waals surface area contributed by atoms with Crippen LogP contribution >= 0.6 is 11.6 Å². The van der Waals surface area contributed by atoms with Gasteiger partial charge in [-0.2, -0.15) is 35.8 Å². The summed E-state index contributed by atoms with van der Waals surface area (Å²) in [6, 6.07) is 7.53. The Hall–Kier alpha value is -4.54. The molecule has 1 aromatic carbocycles. The van der Waals surface area contributed by atoms with E-state index in [-0.39, 0.29) is 45.7 Å². The Morgan fingerprint density at radius 2 is 1.76 bits per heavy atom. The largest absolute Gasteiger partial charge is 0.460 e. The van der Waals surface area contributed by atoms with Crippen molar-refractivity contribution in [3.8, 4) is 5.82 Å². The zero-order valence-corrected chi connectivity index (χ0v) is 24.0. The molecule has 0 saturated heterocycles. The maximum Gasteiger partial charge on any atom is 0.460 e. The second-order valence-corrected chi connectivity index (χ2v) is 10.8. The van der Waals surface area contributed by atoms with Gasteiger partial charge in [0.25, 0.3) is 11.8 Å². The lowest BCUT2D eigenvalue weighted by atomic mass is 10.0. The summed E-state index contributed by atoms with van der Waals surface area (Å²) in [4.78, 5) is 30.8. The van der Waals surface area contributed by atoms with E-state index in [1.54, 1.807) is 26.0 Å². The molecule has 1 saturated carbocycles. The van der Waals surface area contributed by atoms with E-state index in [1.165, 1.54) is 24.4 Å². The number of nitrogens with one attached hydrogen (secondary N) is 2. The van der Waals surface area contributed by atoms with Gasteiger partial charge in [0.1, 0.15) is 5.69 Å². The zero-order chi connectivity index (χ0) is 32.9. The number of aromatic nitrogens is 6. The maximum absolute atomic E-state index is 14.1. The molecule has 1 fully saturated rings. The summed E-state index contributed by atoms with van der Waals surface area (Å²) in [7, 11) is 0. The van der Waals surface area contributed by atoms with Crippen LogP contribution in [0.3, 0.4) is 0 Å². The van der Waals surface area contributed by atoms with E-state index in [0.717, 1.165) is 23.1 Å². The molecule has 2 amide bonds. The molecule has 3 aromatic heterocycles. The first kappa shape index (κ1) is 31.9. The molecule has 0 spiro atoms. The van der Waals surface area contributed by atoms with Crippen LogP contribution in [-0.2, 0) is 12.5 Å². The van der Waals surface area contributed by atoms with Gasteiger partial charge in [0.05, 0.1) is 34.7 Å². The number of halogens is 8. The summed E-state index contributed by atoms with van der Waals surface area (Å²) < 4.78 is 94.8. The van der Waals surface area contributed by atoms with E-state index in [2.05, 4.69) is 31.0 Å². The highest BCUT2D eigenvalue weighted by molar-refractivity contribution is 6.32. The van der Waals surface area contributed by atoms with Crippen LogP contribution in [0.15, 0.2) is 42.7 Å². The van der Waals surface area contributed by atoms with Crippen molar-refractivity contribution in [2.75, 3.05) is 5.32 Å². The van der Waals surface area contributed by atoms with Crippen molar-refractivity contribution in [3.05, 3.63) is 81.5 Å². The standard InChI is InChI=1S/C27H22ClF7N8O2/c1-13-8-14(2)21(17(9-13)23(44)37-15-5-6-15)38-24(45)19-10-16(40-43(19)22-18(28)4-3-7-36-22)11-42-12-20(39-41-42)25(29,30)26(31,32)27(33,34)35/h3-4,7-10,12,15H,5-6,11H2,1-2H3,(H,37,44)(H,38,45). The number of carbonyl (C=O) groups is 2. The van der Waals surface area contributed by atoms with Crippen molar-refractivity contribution in [2.45, 2.75) is 57.3 Å². The smallest absolute Gasteiger partial charge is 0.349 e. The fourth-order valence-corrected chi connectivity index (χ4v) is 4.57. The number of hydrogen-bond acceptors (Lipinski definition) is 6. The monoisotopic (exact) mass is 658 g/mol. The van der Waals surface area contributed by atoms with E-state index in [9.17, 15) is 40.3 Å². The molecule has 0 unspecified atom stereocenters. The number of rotatable bonds is 9. The molecule has 1 aliphatic carbocycles. The van der Waals surface area contributed by atoms with Crippen LogP contribution in [0.2, 0.25) is 5.02 Å². The van der Waals surface area contributed by atoms with E-state index in [0.29, 0.717) is 10.2 Å². The zero-order valence-electron chi connectivity index (χ0n) is 23.3. The number of anilines is 1. The SMILES string of the molecule is Cc1cc(C)c(NC(=O)c2cc(Cn3cc(C(F)(F)C(F)(F)C(F)(F)F)nn3)nn2-c2ncccc2Cl)c(C(=O)NC2CC2)c1. The van der Waals surface area contributed by atoms with Gasteiger partial charge in [-0.15, -0.1) is 5.10 Å². The Morgan fingerprint density at radius 1 is 1.04 bits per heavy atom. The van der Waals surface area contributed by atoms with Crippen LogP contribution in [-0.4, -0.2) is 59.7 Å². The van der Waals surface area contributed by atoms with Crippen LogP contribution in [0, 0.1) is 13.8 Å². The number of amides is 2. The molecule has 238 valence electrons. The number of nitrogens with zero attached hydrogens (tertiary/aromatic N) is 6. The highest BCUT2D eigenvalue weighted by Gasteiger charge is 2.74. The Balaban J connectivity index is 1.49. The molecule has 10 nitrogen and oxygen atoms in total. The molecular formula is C27H22ClF7N8O2. The summed E-state index contributed by atoms with van der Waals surface area (Å²) in [5.41, 5.74) is -0.463. The van der Waals surface area contributed by atoms with Gasteiger partial charge >= 0.3 is 18.0 Å². The van der Waals surface area contributed by atoms with Crippen molar-refractivity contribution in [2.24, 2.45) is 0 Å². The van der Waals surface area contributed by atoms with Gasteiger partial charge in [0, 0.05) is 12.2 Å². The number of pyridine rings is 1. The summed E-state index contributed by atoms with van der Waals surface area (Å²) in [6.45, 7) is 2.89. The summed E-state index contributed by atoms with van der Waals surface area (Å²) in [5, 5.41) is 15.9. The summed E-state index contributed by atoms with van der Waals surface area (Å²) in [5.74, 6) is -13.4. The Kier molecular flexibility index (Phi) is 8.10. The summed E-state index contributed by atoms with van der Waals surface area (Å²) >= 11 is 6.28. The number of alkyl halides is 7. The minimum absolute atomic E-state index is 0.0291. The average Bonchev–Trinajstić information content (AvgIpc) is 3.46. The van der Waals surface area contributed by atoms with Gasteiger partial charge in [0.2, 0.25) is 0 Å². The molecule has 0 radical (unpaired) electrons. The van der Waals surface area contributed by atoms with Crippen LogP contribution < -0.4 is 10.6 Å². The Morgan fingerprint density at radius 3 is 2.40 bits per heavy atom. The van der Waals surface area contributed by atoms with Crippen molar-refractivity contribution < 1.29 is 40.3 Å². The summed E-state index contributed by atoms with van der Waals surface area (Å²) in [6.07, 6.45) is -3.33. The lowest BCUT2D eigenvalue weighted by Crippen LogP contribution is -2.50. The fraction of sp³-hybridized carbons (Fsp3) is 0.333. The highest BCUT2D eigenvalue weighted by atomic mass is 35.5. The number of hydrogen-bond donors (Lipinski definition) is 2. The minimum atomic E-state index is -6.56. The Labute approximate surface area is 254 Å². The molecule has 1 aliphatic rings. The second kappa shape index (κ2) is 11.4. The topological polar surface area (TPSA) is 120 Å².